The van der Waals surface area contributed by atoms with E-state index < -0.39 is 18.1 Å². The molecule has 0 bridgehead atoms. The zero-order valence-electron chi connectivity index (χ0n) is 13.5. The monoisotopic (exact) mass is 414 g/mol. The standard InChI is InChI=1S/C17H16Cl2N2O4S/c18-14-7-6-12(15(19)21-14)9-26-10-13(16(22)23)20-17(24)25-8-11-4-2-1-3-5-11/h1-7,13H,8-10H2,(H,20,24)(H,22,23). The van der Waals surface area contributed by atoms with E-state index in [1.807, 2.05) is 30.3 Å². The van der Waals surface area contributed by atoms with Crippen LogP contribution in [0.15, 0.2) is 42.5 Å². The van der Waals surface area contributed by atoms with Crippen LogP contribution in [0.4, 0.5) is 4.79 Å². The van der Waals surface area contributed by atoms with Crippen LogP contribution in [-0.2, 0) is 21.9 Å². The van der Waals surface area contributed by atoms with Crippen molar-refractivity contribution < 1.29 is 19.4 Å². The molecule has 0 saturated carbocycles. The number of nitrogens with zero attached hydrogens (tertiary/aromatic N) is 1. The molecule has 0 radical (unpaired) electrons. The van der Waals surface area contributed by atoms with Gasteiger partial charge in [0.25, 0.3) is 0 Å². The van der Waals surface area contributed by atoms with Crippen LogP contribution in [0.5, 0.6) is 0 Å². The van der Waals surface area contributed by atoms with Gasteiger partial charge in [-0.1, -0.05) is 59.6 Å². The SMILES string of the molecule is O=C(NC(CSCc1ccc(Cl)nc1Cl)C(=O)O)OCc1ccccc1. The van der Waals surface area contributed by atoms with Crippen LogP contribution in [0, 0.1) is 0 Å². The first-order valence-electron chi connectivity index (χ1n) is 7.54. The van der Waals surface area contributed by atoms with E-state index in [0.29, 0.717) is 5.75 Å². The van der Waals surface area contributed by atoms with Crippen molar-refractivity contribution in [3.8, 4) is 0 Å². The van der Waals surface area contributed by atoms with Crippen molar-refractivity contribution in [3.05, 3.63) is 63.9 Å². The molecular weight excluding hydrogens is 399 g/mol. The third-order valence-corrected chi connectivity index (χ3v) is 4.86. The first-order chi connectivity index (χ1) is 12.5. The highest BCUT2D eigenvalue weighted by Crippen LogP contribution is 2.22. The molecule has 1 atom stereocenters. The van der Waals surface area contributed by atoms with E-state index in [4.69, 9.17) is 27.9 Å². The van der Waals surface area contributed by atoms with Gasteiger partial charge in [0.2, 0.25) is 0 Å². The molecule has 1 aromatic carbocycles. The number of rotatable bonds is 8. The highest BCUT2D eigenvalue weighted by molar-refractivity contribution is 7.98. The summed E-state index contributed by atoms with van der Waals surface area (Å²) in [5.74, 6) is -0.558. The number of alkyl carbamates (subject to hydrolysis) is 1. The summed E-state index contributed by atoms with van der Waals surface area (Å²) in [5, 5.41) is 12.2. The highest BCUT2D eigenvalue weighted by Gasteiger charge is 2.21. The average Bonchev–Trinajstić information content (AvgIpc) is 2.61. The first kappa shape index (κ1) is 20.4. The van der Waals surface area contributed by atoms with E-state index in [2.05, 4.69) is 10.3 Å². The number of benzene rings is 1. The van der Waals surface area contributed by atoms with E-state index >= 15 is 0 Å². The Hall–Kier alpha value is -1.96. The summed E-state index contributed by atoms with van der Waals surface area (Å²) < 4.78 is 5.04. The summed E-state index contributed by atoms with van der Waals surface area (Å²) in [5.41, 5.74) is 1.55. The molecule has 1 amide bonds. The summed E-state index contributed by atoms with van der Waals surface area (Å²) >= 11 is 13.0. The minimum Gasteiger partial charge on any atom is -0.480 e. The smallest absolute Gasteiger partial charge is 0.408 e. The first-order valence-corrected chi connectivity index (χ1v) is 9.45. The minimum atomic E-state index is -1.14. The molecule has 2 aromatic rings. The Morgan fingerprint density at radius 2 is 1.92 bits per heavy atom. The van der Waals surface area contributed by atoms with Crippen molar-refractivity contribution in [1.29, 1.82) is 0 Å². The van der Waals surface area contributed by atoms with Gasteiger partial charge in [-0.3, -0.25) is 0 Å². The molecule has 2 rings (SSSR count). The summed E-state index contributed by atoms with van der Waals surface area (Å²) in [6, 6.07) is 11.4. The van der Waals surface area contributed by atoms with Gasteiger partial charge in [-0.15, -0.1) is 0 Å². The van der Waals surface area contributed by atoms with Gasteiger partial charge in [0.05, 0.1) is 0 Å². The molecule has 0 aliphatic rings. The Morgan fingerprint density at radius 1 is 1.19 bits per heavy atom. The minimum absolute atomic E-state index is 0.0677. The van der Waals surface area contributed by atoms with Crippen LogP contribution in [0.2, 0.25) is 10.3 Å². The topological polar surface area (TPSA) is 88.5 Å². The summed E-state index contributed by atoms with van der Waals surface area (Å²) in [4.78, 5) is 27.0. The Bertz CT molecular complexity index is 762. The van der Waals surface area contributed by atoms with Gasteiger partial charge in [-0.05, 0) is 17.2 Å². The number of carboxylic acids is 1. The van der Waals surface area contributed by atoms with E-state index in [-0.39, 0.29) is 22.7 Å². The molecule has 6 nitrogen and oxygen atoms in total. The maximum Gasteiger partial charge on any atom is 0.408 e. The third-order valence-electron chi connectivity index (χ3n) is 3.24. The second-order valence-corrected chi connectivity index (χ2v) is 6.97. The van der Waals surface area contributed by atoms with Crippen LogP contribution in [-0.4, -0.2) is 33.9 Å². The lowest BCUT2D eigenvalue weighted by Gasteiger charge is -2.14. The molecule has 2 N–H and O–H groups in total. The molecule has 0 fully saturated rings. The molecule has 0 aliphatic carbocycles. The van der Waals surface area contributed by atoms with Gasteiger partial charge >= 0.3 is 12.1 Å². The number of halogens is 2. The molecule has 0 saturated heterocycles. The van der Waals surface area contributed by atoms with E-state index in [1.54, 1.807) is 12.1 Å². The number of carboxylic acid groups (broad SMARTS) is 1. The molecule has 1 heterocycles. The van der Waals surface area contributed by atoms with Gasteiger partial charge in [0, 0.05) is 11.5 Å². The molecule has 0 aliphatic heterocycles. The van der Waals surface area contributed by atoms with Crippen molar-refractivity contribution >= 4 is 47.0 Å². The number of pyridine rings is 1. The number of aliphatic carboxylic acids is 1. The summed E-state index contributed by atoms with van der Waals surface area (Å²) in [6.07, 6.45) is -0.784. The zero-order chi connectivity index (χ0) is 18.9. The van der Waals surface area contributed by atoms with Crippen LogP contribution in [0.25, 0.3) is 0 Å². The second-order valence-electron chi connectivity index (χ2n) is 5.20. The second kappa shape index (κ2) is 10.3. The summed E-state index contributed by atoms with van der Waals surface area (Å²) in [6.45, 7) is 0.0677. The van der Waals surface area contributed by atoms with Gasteiger partial charge in [-0.2, -0.15) is 11.8 Å². The zero-order valence-corrected chi connectivity index (χ0v) is 15.9. The van der Waals surface area contributed by atoms with Crippen molar-refractivity contribution in [2.75, 3.05) is 5.75 Å². The van der Waals surface area contributed by atoms with Gasteiger partial charge in [0.15, 0.2) is 0 Å². The molecule has 26 heavy (non-hydrogen) atoms. The number of hydrogen-bond acceptors (Lipinski definition) is 5. The Balaban J connectivity index is 1.80. The van der Waals surface area contributed by atoms with Crippen molar-refractivity contribution in [2.24, 2.45) is 0 Å². The third kappa shape index (κ3) is 6.74. The van der Waals surface area contributed by atoms with E-state index in [9.17, 15) is 14.7 Å². The maximum absolute atomic E-state index is 11.8. The van der Waals surface area contributed by atoms with Gasteiger partial charge in [0.1, 0.15) is 23.0 Å². The molecule has 1 unspecified atom stereocenters. The van der Waals surface area contributed by atoms with Crippen molar-refractivity contribution in [3.63, 3.8) is 0 Å². The Morgan fingerprint density at radius 3 is 2.58 bits per heavy atom. The Labute approximate surface area is 164 Å². The predicted octanol–water partition coefficient (Wildman–Crippen LogP) is 4.00. The lowest BCUT2D eigenvalue weighted by atomic mass is 10.2. The fourth-order valence-electron chi connectivity index (χ4n) is 1.92. The van der Waals surface area contributed by atoms with Crippen LogP contribution < -0.4 is 5.32 Å². The quantitative estimate of drug-likeness (QED) is 0.634. The van der Waals surface area contributed by atoms with Crippen LogP contribution in [0.3, 0.4) is 0 Å². The van der Waals surface area contributed by atoms with E-state index in [1.165, 1.54) is 11.8 Å². The molecule has 0 spiro atoms. The lowest BCUT2D eigenvalue weighted by Crippen LogP contribution is -2.42. The predicted molar refractivity (Wildman–Crippen MR) is 102 cm³/mol. The number of carbonyl (C=O) groups excluding carboxylic acids is 1. The van der Waals surface area contributed by atoms with Crippen molar-refractivity contribution in [1.82, 2.24) is 10.3 Å². The average molecular weight is 415 g/mol. The molecule has 1 aromatic heterocycles. The van der Waals surface area contributed by atoms with Gasteiger partial charge < -0.3 is 15.2 Å². The Kier molecular flexibility index (Phi) is 8.03. The fraction of sp³-hybridized carbons (Fsp3) is 0.235. The number of thioether (sulfide) groups is 1. The fourth-order valence-corrected chi connectivity index (χ4v) is 3.44. The number of nitrogens with one attached hydrogen (secondary N) is 1. The van der Waals surface area contributed by atoms with Crippen LogP contribution in [0.1, 0.15) is 11.1 Å². The number of amides is 1. The molecule has 9 heteroatoms. The number of aromatic nitrogens is 1. The van der Waals surface area contributed by atoms with Gasteiger partial charge in [-0.25, -0.2) is 14.6 Å². The summed E-state index contributed by atoms with van der Waals surface area (Å²) in [7, 11) is 0. The lowest BCUT2D eigenvalue weighted by molar-refractivity contribution is -0.138. The highest BCUT2D eigenvalue weighted by atomic mass is 35.5. The van der Waals surface area contributed by atoms with Crippen molar-refractivity contribution in [2.45, 2.75) is 18.4 Å². The largest absolute Gasteiger partial charge is 0.480 e. The van der Waals surface area contributed by atoms with E-state index in [0.717, 1.165) is 11.1 Å². The van der Waals surface area contributed by atoms with Crippen LogP contribution >= 0.6 is 35.0 Å². The molecule has 138 valence electrons. The maximum atomic E-state index is 11.8. The normalized spacial score (nSPS) is 11.6. The molecular formula is C17H16Cl2N2O4S. The number of carbonyl (C=O) groups is 2. The number of hydrogen-bond donors (Lipinski definition) is 2. The number of ether oxygens (including phenoxy) is 1.